The van der Waals surface area contributed by atoms with Crippen molar-refractivity contribution in [3.05, 3.63) is 82.7 Å². The molecule has 4 unspecified atom stereocenters. The van der Waals surface area contributed by atoms with Crippen molar-refractivity contribution in [2.24, 2.45) is 11.8 Å². The molecule has 91 heavy (non-hydrogen) atoms. The largest absolute Gasteiger partial charge is 0.472 e. The van der Waals surface area contributed by atoms with Gasteiger partial charge in [-0.3, -0.25) is 54.9 Å². The third-order valence-electron chi connectivity index (χ3n) is 15.6. The van der Waals surface area contributed by atoms with E-state index in [1.54, 1.807) is 13.8 Å². The minimum absolute atomic E-state index is 0. The van der Waals surface area contributed by atoms with Crippen molar-refractivity contribution in [1.29, 1.82) is 0 Å². The van der Waals surface area contributed by atoms with Gasteiger partial charge in [-0.2, -0.15) is 0 Å². The molecule has 492 valence electrons. The molecule has 20 atom stereocenters. The summed E-state index contributed by atoms with van der Waals surface area (Å²) in [4.78, 5) is 104. The van der Waals surface area contributed by atoms with Gasteiger partial charge in [-0.1, -0.05) is 21.3 Å². The highest BCUT2D eigenvalue weighted by Gasteiger charge is 2.56. The van der Waals surface area contributed by atoms with Gasteiger partial charge < -0.3 is 79.3 Å². The minimum Gasteiger partial charge on any atom is -0.387 e. The third-order valence-corrected chi connectivity index (χ3v) is 19.5. The quantitative estimate of drug-likeness (QED) is 0.109. The van der Waals surface area contributed by atoms with Crippen LogP contribution >= 0.6 is 31.3 Å². The van der Waals surface area contributed by atoms with Crippen molar-refractivity contribution in [3.8, 4) is 0 Å². The Morgan fingerprint density at radius 1 is 0.495 bits per heavy atom. The molecule has 6 aliphatic rings. The van der Waals surface area contributed by atoms with Crippen LogP contribution in [0, 0.1) is 23.5 Å². The van der Waals surface area contributed by atoms with Crippen LogP contribution in [0.1, 0.15) is 46.2 Å². The molecule has 6 saturated heterocycles. The summed E-state index contributed by atoms with van der Waals surface area (Å²) in [6.45, 7) is 0.340. The first-order chi connectivity index (χ1) is 42.7. The monoisotopic (exact) mass is 1360 g/mol. The number of nitrogens with one attached hydrogen (secondary N) is 2. The molecule has 46 heteroatoms. The van der Waals surface area contributed by atoms with Gasteiger partial charge in [0.25, 0.3) is 11.1 Å². The average molecular weight is 1360 g/mol. The summed E-state index contributed by atoms with van der Waals surface area (Å²) in [7, 11) is -20.0. The average Bonchev–Trinajstić information content (AvgIpc) is 1.63. The number of aromatic amines is 2. The lowest BCUT2D eigenvalue weighted by Gasteiger charge is -2.26. The number of fused-ring (bicyclic) bond motifs is 10. The van der Waals surface area contributed by atoms with Gasteiger partial charge in [0.1, 0.15) is 95.6 Å². The van der Waals surface area contributed by atoms with Gasteiger partial charge in [0, 0.05) is 24.2 Å². The van der Waals surface area contributed by atoms with E-state index in [4.69, 9.17) is 66.6 Å². The number of aliphatic hydroxyl groups is 2. The molecule has 0 amide bonds. The number of rotatable bonds is 4. The highest BCUT2D eigenvalue weighted by molar-refractivity contribution is 7.48. The number of phosphoric acid groups is 4. The molecule has 8 aromatic heterocycles. The molecule has 12 N–H and O–H groups in total. The number of imidazole rings is 2. The second kappa shape index (κ2) is 24.2. The molecule has 14 heterocycles. The molecule has 0 spiro atoms. The minimum atomic E-state index is -5.16. The normalized spacial score (nSPS) is 37.3. The highest BCUT2D eigenvalue weighted by Crippen LogP contribution is 2.57. The van der Waals surface area contributed by atoms with Gasteiger partial charge in [-0.25, -0.2) is 66.9 Å². The number of aliphatic hydroxyl groups excluding tert-OH is 2. The molecule has 4 bridgehead atoms. The number of hydrogen-bond acceptors (Lipinski definition) is 30. The number of ether oxygens (including phenoxy) is 4. The van der Waals surface area contributed by atoms with E-state index >= 15 is 0 Å². The number of nitrogens with two attached hydrogens (primary N) is 2. The SMILES string of the molecule is C.C[C@@H]1[C@@H]2OP(=O)(O)OC[C@H]3O[C@@H](n4cc(F)c5c(=O)[nH]cnc54)[C@H](OP(=O)(O)OC[C@H]2O[C@H]1n1cnc2c(N)ncnc21)[C@@H]3C.Nc1ncnc2c1ncn2[C@@H]1O[C@@H]2COP(=O)(O)O[C@@H]3[C@H](O)[C@@H](COP(=O)(O)O[C@H]2[C@H]1O)O[C@H]3n1cc(F)c2c(=O)[nH]cnc21. The molecule has 6 aliphatic heterocycles. The van der Waals surface area contributed by atoms with Gasteiger partial charge in [-0.05, 0) is 0 Å². The van der Waals surface area contributed by atoms with Crippen molar-refractivity contribution in [2.45, 2.75) is 107 Å². The predicted octanol–water partition coefficient (Wildman–Crippen LogP) is 0.827. The Labute approximate surface area is 505 Å². The maximum absolute atomic E-state index is 14.8. The van der Waals surface area contributed by atoms with E-state index in [2.05, 4.69) is 49.8 Å². The molecule has 0 aromatic carbocycles. The van der Waals surface area contributed by atoms with E-state index in [0.29, 0.717) is 11.2 Å². The van der Waals surface area contributed by atoms with Crippen LogP contribution in [-0.4, -0.2) is 185 Å². The van der Waals surface area contributed by atoms with Gasteiger partial charge in [0.15, 0.2) is 64.5 Å². The van der Waals surface area contributed by atoms with E-state index in [1.165, 1.54) is 28.1 Å². The summed E-state index contributed by atoms with van der Waals surface area (Å²) in [5, 5.41) is 21.2. The molecular weight excluding hydrogens is 1310 g/mol. The maximum atomic E-state index is 14.8. The Kier molecular flexibility index (Phi) is 17.2. The molecule has 6 fully saturated rings. The lowest BCUT2D eigenvalue weighted by molar-refractivity contribution is -0.0672. The predicted molar refractivity (Wildman–Crippen MR) is 295 cm³/mol. The summed E-state index contributed by atoms with van der Waals surface area (Å²) in [5.41, 5.74) is 10.6. The number of nitrogens with zero attached hydrogens (tertiary/aromatic N) is 12. The van der Waals surface area contributed by atoms with E-state index in [-0.39, 0.29) is 46.9 Å². The maximum Gasteiger partial charge on any atom is 0.472 e. The summed E-state index contributed by atoms with van der Waals surface area (Å²) in [6.07, 6.45) is -11.3. The number of H-pyrrole nitrogens is 2. The van der Waals surface area contributed by atoms with E-state index in [0.717, 1.165) is 40.5 Å². The summed E-state index contributed by atoms with van der Waals surface area (Å²) < 4.78 is 153. The first-order valence-corrected chi connectivity index (χ1v) is 32.6. The van der Waals surface area contributed by atoms with Crippen molar-refractivity contribution in [3.63, 3.8) is 0 Å². The Balaban J connectivity index is 0.000000174. The van der Waals surface area contributed by atoms with E-state index < -0.39 is 184 Å². The van der Waals surface area contributed by atoms with Crippen molar-refractivity contribution in [1.82, 2.24) is 68.1 Å². The Morgan fingerprint density at radius 2 is 0.901 bits per heavy atom. The fourth-order valence-electron chi connectivity index (χ4n) is 11.3. The first-order valence-electron chi connectivity index (χ1n) is 26.6. The lowest BCUT2D eigenvalue weighted by atomic mass is 10.0. The van der Waals surface area contributed by atoms with Crippen molar-refractivity contribution >= 4 is 87.3 Å². The topological polar surface area (TPSA) is 541 Å². The van der Waals surface area contributed by atoms with Crippen LogP contribution in [-0.2, 0) is 73.4 Å². The van der Waals surface area contributed by atoms with Crippen LogP contribution in [0.4, 0.5) is 20.4 Å². The Morgan fingerprint density at radius 3 is 1.43 bits per heavy atom. The number of nitrogen functional groups attached to an aromatic ring is 2. The summed E-state index contributed by atoms with van der Waals surface area (Å²) in [5.74, 6) is -3.27. The van der Waals surface area contributed by atoms with Crippen LogP contribution < -0.4 is 22.6 Å². The van der Waals surface area contributed by atoms with Crippen LogP contribution in [0.3, 0.4) is 0 Å². The smallest absolute Gasteiger partial charge is 0.387 e. The standard InChI is InChI=1S/C23H27FN8O11P2.C21H23FN8O13P2.CH4/c1-9-12-4-38-44(34,35)42-16-10(2)22(32-8-30-15-18(25)26-6-28-20(15)32)41-13(16)5-39-45(36,37)43-17(9)23(40-12)31-3-11(24)14-19(31)27-7-29-21(14)33;22-7-1-29(17-10(7)19(33)27-5-25-17)21-15-12(31)8(40-21)2-38-44(34,35)42-14-9(3-39-45(36,37)43-15)41-20(13(14)32)30-6-28-11-16(23)24-4-26-18(11)30;/h3,6-10,12-13,16-17,22-23H,4-5H2,1-2H3,(H,34,35)(H,36,37)(H2,25,26,28)(H,27,29,33);1,4-6,8-9,12-15,20-21,31-32H,2-3H2,(H,34,35)(H,36,37)(H2,23,24,26)(H,25,27,33);1H4/t9-,10-,12-,13-,16+,17-,22-,23-;8-,9-,12-,13-,14-,15-,20-,21-;/m11./s1. The fourth-order valence-corrected chi connectivity index (χ4v) is 15.3. The van der Waals surface area contributed by atoms with Crippen LogP contribution in [0.15, 0.2) is 59.9 Å². The van der Waals surface area contributed by atoms with Crippen LogP contribution in [0.2, 0.25) is 0 Å². The number of aromatic nitrogens is 14. The molecule has 0 saturated carbocycles. The molecule has 0 radical (unpaired) electrons. The molecule has 0 aliphatic carbocycles. The molecular formula is C45H54F2N16O24P4. The molecule has 8 aromatic rings. The van der Waals surface area contributed by atoms with E-state index in [9.17, 15) is 66.4 Å². The highest BCUT2D eigenvalue weighted by atomic mass is 31.2. The summed E-state index contributed by atoms with van der Waals surface area (Å²) in [6, 6.07) is 0. The van der Waals surface area contributed by atoms with Gasteiger partial charge in [0.2, 0.25) is 0 Å². The van der Waals surface area contributed by atoms with Crippen LogP contribution in [0.25, 0.3) is 44.4 Å². The number of phosphoric ester groups is 4. The van der Waals surface area contributed by atoms with E-state index in [1.807, 2.05) is 0 Å². The first kappa shape index (κ1) is 64.7. The van der Waals surface area contributed by atoms with Gasteiger partial charge in [-0.15, -0.1) is 0 Å². The second-order valence-electron chi connectivity index (χ2n) is 21.1. The zero-order valence-electron chi connectivity index (χ0n) is 45.8. The van der Waals surface area contributed by atoms with Crippen molar-refractivity contribution < 1.29 is 112 Å². The Hall–Kier alpha value is -6.40. The zero-order chi connectivity index (χ0) is 63.7. The number of hydrogen-bond donors (Lipinski definition) is 10. The Bertz CT molecular complexity index is 4150. The number of halogens is 2. The van der Waals surface area contributed by atoms with Gasteiger partial charge >= 0.3 is 31.3 Å². The molecule has 40 nitrogen and oxygen atoms in total. The third kappa shape index (κ3) is 12.0. The molecule has 14 rings (SSSR count). The number of anilines is 2. The second-order valence-corrected chi connectivity index (χ2v) is 26.7. The summed E-state index contributed by atoms with van der Waals surface area (Å²) >= 11 is 0. The van der Waals surface area contributed by atoms with Gasteiger partial charge in [0.05, 0.1) is 57.8 Å². The lowest BCUT2D eigenvalue weighted by Crippen LogP contribution is -2.36. The zero-order valence-corrected chi connectivity index (χ0v) is 49.4. The van der Waals surface area contributed by atoms with Crippen LogP contribution in [0.5, 0.6) is 0 Å². The van der Waals surface area contributed by atoms with Crippen molar-refractivity contribution in [2.75, 3.05) is 37.9 Å². The fraction of sp³-hybridized carbons (Fsp3) is 0.511.